The number of rotatable bonds is 8. The minimum Gasteiger partial charge on any atom is -0.447 e. The molecule has 1 amide bonds. The van der Waals surface area contributed by atoms with E-state index in [2.05, 4.69) is 6.92 Å². The smallest absolute Gasteiger partial charge is 0.411 e. The summed E-state index contributed by atoms with van der Waals surface area (Å²) in [5, 5.41) is -0.832. The van der Waals surface area contributed by atoms with E-state index in [4.69, 9.17) is 4.74 Å². The molecule has 1 aromatic rings. The minimum absolute atomic E-state index is 0.259. The summed E-state index contributed by atoms with van der Waals surface area (Å²) in [7, 11) is -3.58. The molecule has 1 aliphatic rings. The van der Waals surface area contributed by atoms with Gasteiger partial charge in [0.25, 0.3) is 0 Å². The molecule has 2 rings (SSSR count). The lowest BCUT2D eigenvalue weighted by Crippen LogP contribution is -2.41. The van der Waals surface area contributed by atoms with E-state index < -0.39 is 21.3 Å². The van der Waals surface area contributed by atoms with Gasteiger partial charge in [0.2, 0.25) is 0 Å². The number of hydrogen-bond acceptors (Lipinski definition) is 4. The topological polar surface area (TPSA) is 63.7 Å². The second-order valence-electron chi connectivity index (χ2n) is 5.47. The molecule has 0 spiro atoms. The number of hydrogen-bond donors (Lipinski definition) is 0. The second kappa shape index (κ2) is 7.63. The second-order valence-corrected chi connectivity index (χ2v) is 7.58. The molecular weight excluding hydrogens is 302 g/mol. The summed E-state index contributed by atoms with van der Waals surface area (Å²) < 4.78 is 30.7. The molecule has 1 aromatic carbocycles. The first-order valence-electron chi connectivity index (χ1n) is 7.79. The zero-order valence-corrected chi connectivity index (χ0v) is 13.7. The molecule has 22 heavy (non-hydrogen) atoms. The molecule has 1 atom stereocenters. The van der Waals surface area contributed by atoms with Crippen LogP contribution in [0.25, 0.3) is 0 Å². The van der Waals surface area contributed by atoms with E-state index >= 15 is 0 Å². The van der Waals surface area contributed by atoms with Gasteiger partial charge < -0.3 is 4.74 Å². The van der Waals surface area contributed by atoms with E-state index in [9.17, 15) is 13.2 Å². The van der Waals surface area contributed by atoms with Crippen LogP contribution in [0.4, 0.5) is 4.79 Å². The van der Waals surface area contributed by atoms with Gasteiger partial charge in [-0.1, -0.05) is 50.8 Å². The lowest BCUT2D eigenvalue weighted by Gasteiger charge is -2.25. The SMILES string of the molecule is CCCCCCC(N1CCOC1=O)S(=O)(=O)c1ccccc1. The highest BCUT2D eigenvalue weighted by Crippen LogP contribution is 2.25. The number of carbonyl (C=O) groups excluding carboxylic acids is 1. The third-order valence-electron chi connectivity index (χ3n) is 3.87. The normalized spacial score (nSPS) is 16.6. The molecule has 1 aliphatic heterocycles. The molecule has 5 nitrogen and oxygen atoms in total. The molecule has 6 heteroatoms. The Morgan fingerprint density at radius 1 is 1.18 bits per heavy atom. The highest BCUT2D eigenvalue weighted by atomic mass is 32.2. The zero-order chi connectivity index (χ0) is 16.0. The van der Waals surface area contributed by atoms with Crippen molar-refractivity contribution in [3.8, 4) is 0 Å². The van der Waals surface area contributed by atoms with Gasteiger partial charge in [0.1, 0.15) is 12.0 Å². The van der Waals surface area contributed by atoms with Crippen LogP contribution < -0.4 is 0 Å². The first-order valence-corrected chi connectivity index (χ1v) is 9.34. The van der Waals surface area contributed by atoms with Crippen LogP contribution in [0.3, 0.4) is 0 Å². The summed E-state index contributed by atoms with van der Waals surface area (Å²) in [6.07, 6.45) is 3.84. The summed E-state index contributed by atoms with van der Waals surface area (Å²) in [4.78, 5) is 13.4. The molecule has 0 aliphatic carbocycles. The minimum atomic E-state index is -3.58. The Morgan fingerprint density at radius 3 is 2.50 bits per heavy atom. The van der Waals surface area contributed by atoms with Crippen molar-refractivity contribution in [2.75, 3.05) is 13.2 Å². The molecule has 122 valence electrons. The quantitative estimate of drug-likeness (QED) is 0.689. The average molecular weight is 325 g/mol. The summed E-state index contributed by atoms with van der Waals surface area (Å²) in [6.45, 7) is 2.70. The van der Waals surface area contributed by atoms with E-state index in [1.54, 1.807) is 30.3 Å². The fraction of sp³-hybridized carbons (Fsp3) is 0.562. The molecule has 1 saturated heterocycles. The monoisotopic (exact) mass is 325 g/mol. The van der Waals surface area contributed by atoms with E-state index in [1.165, 1.54) is 4.90 Å². The molecule has 1 fully saturated rings. The Labute approximate surface area is 132 Å². The molecular formula is C16H23NO4S. The van der Waals surface area contributed by atoms with Crippen LogP contribution in [-0.4, -0.2) is 37.9 Å². The lowest BCUT2D eigenvalue weighted by molar-refractivity contribution is 0.154. The van der Waals surface area contributed by atoms with Gasteiger partial charge in [0.15, 0.2) is 9.84 Å². The third kappa shape index (κ3) is 3.80. The number of cyclic esters (lactones) is 1. The van der Waals surface area contributed by atoms with Gasteiger partial charge in [-0.25, -0.2) is 13.2 Å². The fourth-order valence-electron chi connectivity index (χ4n) is 2.66. The number of unbranched alkanes of at least 4 members (excludes halogenated alkanes) is 3. The van der Waals surface area contributed by atoms with E-state index in [1.807, 2.05) is 0 Å². The standard InChI is InChI=1S/C16H23NO4S/c1-2-3-4-8-11-15(17-12-13-21-16(17)18)22(19,20)14-9-6-5-7-10-14/h5-7,9-10,15H,2-4,8,11-13H2,1H3. The van der Waals surface area contributed by atoms with Gasteiger partial charge >= 0.3 is 6.09 Å². The van der Waals surface area contributed by atoms with Crippen molar-refractivity contribution >= 4 is 15.9 Å². The molecule has 0 bridgehead atoms. The molecule has 0 radical (unpaired) electrons. The van der Waals surface area contributed by atoms with Crippen LogP contribution in [0.5, 0.6) is 0 Å². The maximum absolute atomic E-state index is 12.9. The molecule has 1 unspecified atom stereocenters. The zero-order valence-electron chi connectivity index (χ0n) is 12.9. The predicted molar refractivity (Wildman–Crippen MR) is 84.2 cm³/mol. The van der Waals surface area contributed by atoms with E-state index in [-0.39, 0.29) is 11.5 Å². The molecule has 1 heterocycles. The van der Waals surface area contributed by atoms with Crippen molar-refractivity contribution in [1.82, 2.24) is 4.90 Å². The largest absolute Gasteiger partial charge is 0.447 e. The average Bonchev–Trinajstić information content (AvgIpc) is 2.94. The number of benzene rings is 1. The number of carbonyl (C=O) groups is 1. The predicted octanol–water partition coefficient (Wildman–Crippen LogP) is 3.21. The fourth-order valence-corrected chi connectivity index (χ4v) is 4.51. The first-order chi connectivity index (χ1) is 10.6. The van der Waals surface area contributed by atoms with Crippen molar-refractivity contribution in [2.45, 2.75) is 49.3 Å². The third-order valence-corrected chi connectivity index (χ3v) is 6.01. The summed E-state index contributed by atoms with van der Waals surface area (Å²) in [6, 6.07) is 8.33. The van der Waals surface area contributed by atoms with Gasteiger partial charge in [-0.05, 0) is 18.6 Å². The summed E-state index contributed by atoms with van der Waals surface area (Å²) in [5.74, 6) is 0. The Bertz CT molecular complexity index is 585. The number of ether oxygens (including phenoxy) is 1. The van der Waals surface area contributed by atoms with Crippen molar-refractivity contribution in [2.24, 2.45) is 0 Å². The van der Waals surface area contributed by atoms with Crippen LogP contribution >= 0.6 is 0 Å². The van der Waals surface area contributed by atoms with Crippen LogP contribution in [-0.2, 0) is 14.6 Å². The van der Waals surface area contributed by atoms with E-state index in [0.717, 1.165) is 25.7 Å². The summed E-state index contributed by atoms with van der Waals surface area (Å²) >= 11 is 0. The van der Waals surface area contributed by atoms with Crippen LogP contribution in [0.15, 0.2) is 35.2 Å². The number of nitrogens with zero attached hydrogens (tertiary/aromatic N) is 1. The van der Waals surface area contributed by atoms with Crippen LogP contribution in [0.2, 0.25) is 0 Å². The van der Waals surface area contributed by atoms with Gasteiger partial charge in [-0.15, -0.1) is 0 Å². The highest BCUT2D eigenvalue weighted by molar-refractivity contribution is 7.92. The number of sulfone groups is 1. The first kappa shape index (κ1) is 16.8. The Kier molecular flexibility index (Phi) is 5.83. The molecule has 0 saturated carbocycles. The maximum Gasteiger partial charge on any atom is 0.411 e. The van der Waals surface area contributed by atoms with Crippen molar-refractivity contribution in [1.29, 1.82) is 0 Å². The van der Waals surface area contributed by atoms with Crippen LogP contribution in [0, 0.1) is 0 Å². The summed E-state index contributed by atoms with van der Waals surface area (Å²) in [5.41, 5.74) is 0. The highest BCUT2D eigenvalue weighted by Gasteiger charge is 2.38. The van der Waals surface area contributed by atoms with Gasteiger partial charge in [-0.3, -0.25) is 4.90 Å². The number of amides is 1. The van der Waals surface area contributed by atoms with Gasteiger partial charge in [-0.2, -0.15) is 0 Å². The Hall–Kier alpha value is -1.56. The van der Waals surface area contributed by atoms with Gasteiger partial charge in [0, 0.05) is 0 Å². The molecule has 0 aromatic heterocycles. The maximum atomic E-state index is 12.9. The van der Waals surface area contributed by atoms with Crippen molar-refractivity contribution in [3.63, 3.8) is 0 Å². The lowest BCUT2D eigenvalue weighted by atomic mass is 10.1. The van der Waals surface area contributed by atoms with Gasteiger partial charge in [0.05, 0.1) is 11.4 Å². The van der Waals surface area contributed by atoms with Crippen molar-refractivity contribution in [3.05, 3.63) is 30.3 Å². The van der Waals surface area contributed by atoms with Crippen LogP contribution in [0.1, 0.15) is 39.0 Å². The Balaban J connectivity index is 2.21. The molecule has 0 N–H and O–H groups in total. The Morgan fingerprint density at radius 2 is 1.91 bits per heavy atom. The van der Waals surface area contributed by atoms with E-state index in [0.29, 0.717) is 13.0 Å². The van der Waals surface area contributed by atoms with Crippen molar-refractivity contribution < 1.29 is 17.9 Å².